The maximum Gasteiger partial charge on any atom is 0.295 e. The van der Waals surface area contributed by atoms with Gasteiger partial charge in [-0.15, -0.1) is 0 Å². The molecule has 0 bridgehead atoms. The van der Waals surface area contributed by atoms with Crippen LogP contribution in [0, 0.1) is 0 Å². The van der Waals surface area contributed by atoms with Crippen LogP contribution in [0.5, 0.6) is 0 Å². The van der Waals surface area contributed by atoms with Crippen LogP contribution in [0.3, 0.4) is 0 Å². The number of H-pyrrole nitrogens is 1. The van der Waals surface area contributed by atoms with Gasteiger partial charge in [0.15, 0.2) is 5.82 Å². The molecule has 1 aromatic heterocycles. The standard InChI is InChI=1S/C4H3ClF2N2/c5-2-1-8-4(9-2)3(6)7/h1,3H,(H,8,9). The second-order valence-electron chi connectivity index (χ2n) is 1.42. The normalized spacial score (nSPS) is 10.7. The number of halogens is 3. The molecular formula is C4H3ClF2N2. The maximum atomic E-state index is 11.6. The predicted octanol–water partition coefficient (Wildman–Crippen LogP) is 2.00. The number of hydrogen-bond acceptors (Lipinski definition) is 1. The fraction of sp³-hybridized carbons (Fsp3) is 0.250. The van der Waals surface area contributed by atoms with Crippen molar-refractivity contribution in [2.75, 3.05) is 0 Å². The molecule has 9 heavy (non-hydrogen) atoms. The van der Waals surface area contributed by atoms with Crippen LogP contribution < -0.4 is 0 Å². The number of rotatable bonds is 1. The number of nitrogens with one attached hydrogen (secondary N) is 1. The Balaban J connectivity index is 2.85. The lowest BCUT2D eigenvalue weighted by Crippen LogP contribution is -1.84. The molecule has 0 unspecified atom stereocenters. The van der Waals surface area contributed by atoms with Crippen molar-refractivity contribution in [1.29, 1.82) is 0 Å². The predicted molar refractivity (Wildman–Crippen MR) is 28.6 cm³/mol. The van der Waals surface area contributed by atoms with E-state index in [4.69, 9.17) is 11.6 Å². The summed E-state index contributed by atoms with van der Waals surface area (Å²) >= 11 is 5.25. The minimum atomic E-state index is -2.57. The van der Waals surface area contributed by atoms with Crippen LogP contribution in [0.4, 0.5) is 8.78 Å². The van der Waals surface area contributed by atoms with E-state index in [2.05, 4.69) is 9.97 Å². The maximum absolute atomic E-state index is 11.6. The molecule has 1 rings (SSSR count). The zero-order valence-corrected chi connectivity index (χ0v) is 4.99. The SMILES string of the molecule is FC(F)c1ncc(Cl)[nH]1. The van der Waals surface area contributed by atoms with Crippen LogP contribution in [0.2, 0.25) is 5.15 Å². The van der Waals surface area contributed by atoms with Gasteiger partial charge in [-0.1, -0.05) is 11.6 Å². The van der Waals surface area contributed by atoms with Gasteiger partial charge in [-0.05, 0) is 0 Å². The van der Waals surface area contributed by atoms with Gasteiger partial charge in [0.1, 0.15) is 5.15 Å². The Morgan fingerprint density at radius 2 is 2.33 bits per heavy atom. The van der Waals surface area contributed by atoms with Crippen molar-refractivity contribution in [3.63, 3.8) is 0 Å². The second kappa shape index (κ2) is 2.31. The van der Waals surface area contributed by atoms with Crippen molar-refractivity contribution in [2.24, 2.45) is 0 Å². The van der Waals surface area contributed by atoms with Crippen LogP contribution in [0.1, 0.15) is 12.2 Å². The monoisotopic (exact) mass is 152 g/mol. The van der Waals surface area contributed by atoms with E-state index < -0.39 is 6.43 Å². The number of imidazole rings is 1. The summed E-state index contributed by atoms with van der Waals surface area (Å²) in [4.78, 5) is 5.46. The van der Waals surface area contributed by atoms with Crippen molar-refractivity contribution >= 4 is 11.6 Å². The van der Waals surface area contributed by atoms with Crippen LogP contribution in [0.15, 0.2) is 6.20 Å². The molecule has 5 heteroatoms. The first-order chi connectivity index (χ1) is 4.20. The fourth-order valence-electron chi connectivity index (χ4n) is 0.424. The van der Waals surface area contributed by atoms with E-state index in [1.165, 1.54) is 0 Å². The number of aromatic nitrogens is 2. The Bertz CT molecular complexity index is 198. The number of alkyl halides is 2. The van der Waals surface area contributed by atoms with E-state index in [-0.39, 0.29) is 11.0 Å². The first kappa shape index (κ1) is 6.48. The van der Waals surface area contributed by atoms with Gasteiger partial charge in [-0.3, -0.25) is 0 Å². The molecule has 0 atom stereocenters. The highest BCUT2D eigenvalue weighted by Crippen LogP contribution is 2.15. The average Bonchev–Trinajstić information content (AvgIpc) is 2.14. The highest BCUT2D eigenvalue weighted by molar-refractivity contribution is 6.29. The van der Waals surface area contributed by atoms with Crippen molar-refractivity contribution < 1.29 is 8.78 Å². The summed E-state index contributed by atoms with van der Waals surface area (Å²) in [6.45, 7) is 0. The highest BCUT2D eigenvalue weighted by Gasteiger charge is 2.09. The van der Waals surface area contributed by atoms with Crippen LogP contribution in [-0.2, 0) is 0 Å². The number of aromatic amines is 1. The smallest absolute Gasteiger partial charge is 0.295 e. The first-order valence-corrected chi connectivity index (χ1v) is 2.56. The zero-order chi connectivity index (χ0) is 6.85. The first-order valence-electron chi connectivity index (χ1n) is 2.18. The molecule has 0 radical (unpaired) electrons. The fourth-order valence-corrected chi connectivity index (χ4v) is 0.570. The molecule has 1 heterocycles. The molecule has 1 N–H and O–H groups in total. The quantitative estimate of drug-likeness (QED) is 0.655. The van der Waals surface area contributed by atoms with Crippen molar-refractivity contribution in [3.05, 3.63) is 17.2 Å². The van der Waals surface area contributed by atoms with Gasteiger partial charge < -0.3 is 4.98 Å². The van der Waals surface area contributed by atoms with Crippen molar-refractivity contribution in [2.45, 2.75) is 6.43 Å². The molecule has 0 aromatic carbocycles. The molecular weight excluding hydrogens is 150 g/mol. The lowest BCUT2D eigenvalue weighted by Gasteiger charge is -1.87. The van der Waals surface area contributed by atoms with Crippen LogP contribution in [-0.4, -0.2) is 9.97 Å². The van der Waals surface area contributed by atoms with E-state index in [1.54, 1.807) is 0 Å². The van der Waals surface area contributed by atoms with Crippen LogP contribution >= 0.6 is 11.6 Å². The molecule has 0 saturated carbocycles. The van der Waals surface area contributed by atoms with Gasteiger partial charge >= 0.3 is 0 Å². The lowest BCUT2D eigenvalue weighted by atomic mass is 10.7. The highest BCUT2D eigenvalue weighted by atomic mass is 35.5. The lowest BCUT2D eigenvalue weighted by molar-refractivity contribution is 0.141. The summed E-state index contributed by atoms with van der Waals surface area (Å²) in [7, 11) is 0. The molecule has 0 spiro atoms. The summed E-state index contributed by atoms with van der Waals surface area (Å²) in [6, 6.07) is 0. The van der Waals surface area contributed by atoms with Gasteiger partial charge in [-0.25, -0.2) is 13.8 Å². The van der Waals surface area contributed by atoms with Crippen molar-refractivity contribution in [3.8, 4) is 0 Å². The van der Waals surface area contributed by atoms with Crippen LogP contribution in [0.25, 0.3) is 0 Å². The summed E-state index contributed by atoms with van der Waals surface area (Å²) in [5.41, 5.74) is 0. The molecule has 0 aliphatic heterocycles. The number of hydrogen-bond donors (Lipinski definition) is 1. The van der Waals surface area contributed by atoms with Gasteiger partial charge in [0.05, 0.1) is 6.20 Å². The zero-order valence-electron chi connectivity index (χ0n) is 4.24. The van der Waals surface area contributed by atoms with E-state index in [9.17, 15) is 8.78 Å². The Morgan fingerprint density at radius 1 is 1.67 bits per heavy atom. The number of nitrogens with zero attached hydrogens (tertiary/aromatic N) is 1. The molecule has 50 valence electrons. The molecule has 1 aromatic rings. The third-order valence-corrected chi connectivity index (χ3v) is 0.963. The molecule has 0 saturated heterocycles. The summed E-state index contributed by atoms with van der Waals surface area (Å²) in [5.74, 6) is -0.389. The van der Waals surface area contributed by atoms with Gasteiger partial charge in [0.25, 0.3) is 6.43 Å². The van der Waals surface area contributed by atoms with E-state index >= 15 is 0 Å². The third kappa shape index (κ3) is 1.38. The van der Waals surface area contributed by atoms with Crippen molar-refractivity contribution in [1.82, 2.24) is 9.97 Å². The van der Waals surface area contributed by atoms with Gasteiger partial charge in [0, 0.05) is 0 Å². The molecule has 0 aliphatic rings. The minimum Gasteiger partial charge on any atom is -0.328 e. The van der Waals surface area contributed by atoms with E-state index in [0.717, 1.165) is 6.20 Å². The largest absolute Gasteiger partial charge is 0.328 e. The minimum absolute atomic E-state index is 0.130. The van der Waals surface area contributed by atoms with E-state index in [0.29, 0.717) is 0 Å². The van der Waals surface area contributed by atoms with E-state index in [1.807, 2.05) is 0 Å². The van der Waals surface area contributed by atoms with Gasteiger partial charge in [0.2, 0.25) is 0 Å². The topological polar surface area (TPSA) is 28.7 Å². The molecule has 2 nitrogen and oxygen atoms in total. The third-order valence-electron chi connectivity index (χ3n) is 0.771. The second-order valence-corrected chi connectivity index (χ2v) is 1.82. The Kier molecular flexibility index (Phi) is 1.66. The summed E-state index contributed by atoms with van der Waals surface area (Å²) in [6.07, 6.45) is -1.43. The Morgan fingerprint density at radius 3 is 2.56 bits per heavy atom. The Labute approximate surface area is 54.9 Å². The average molecular weight is 153 g/mol. The summed E-state index contributed by atoms with van der Waals surface area (Å²) < 4.78 is 23.3. The molecule has 0 amide bonds. The van der Waals surface area contributed by atoms with Gasteiger partial charge in [-0.2, -0.15) is 0 Å². The summed E-state index contributed by atoms with van der Waals surface area (Å²) in [5, 5.41) is 0.130. The molecule has 0 aliphatic carbocycles. The Hall–Kier alpha value is -0.640. The molecule has 0 fully saturated rings.